The fraction of sp³-hybridized carbons (Fsp3) is 0.194. The van der Waals surface area contributed by atoms with Crippen LogP contribution in [0.2, 0.25) is 0 Å². The van der Waals surface area contributed by atoms with E-state index in [1.807, 2.05) is 0 Å². The Hall–Kier alpha value is -5.18. The van der Waals surface area contributed by atoms with Crippen LogP contribution in [0.4, 0.5) is 17.6 Å². The number of fused-ring (bicyclic) bond motifs is 1. The zero-order chi connectivity index (χ0) is 35.4. The van der Waals surface area contributed by atoms with Gasteiger partial charge in [0.15, 0.2) is 0 Å². The molecule has 1 heterocycles. The molecule has 2 amide bonds. The Morgan fingerprint density at radius 2 is 1.31 bits per heavy atom. The van der Waals surface area contributed by atoms with Crippen LogP contribution in [-0.4, -0.2) is 60.8 Å². The van der Waals surface area contributed by atoms with E-state index in [-0.39, 0.29) is 23.1 Å². The second-order valence-corrected chi connectivity index (χ2v) is 12.3. The molecule has 4 rings (SSSR count). The van der Waals surface area contributed by atoms with Crippen LogP contribution in [-0.2, 0) is 43.4 Å². The Balaban J connectivity index is 1.58. The summed E-state index contributed by atoms with van der Waals surface area (Å²) in [6.07, 6.45) is 0.405. The first-order valence-corrected chi connectivity index (χ1v) is 15.4. The Kier molecular flexibility index (Phi) is 10.3. The summed E-state index contributed by atoms with van der Waals surface area (Å²) in [5.74, 6) is -9.97. The summed E-state index contributed by atoms with van der Waals surface area (Å²) in [7, 11) is -5.86. The van der Waals surface area contributed by atoms with E-state index in [9.17, 15) is 46.4 Å². The smallest absolute Gasteiger partial charge is 0.399 e. The van der Waals surface area contributed by atoms with Gasteiger partial charge in [-0.3, -0.25) is 19.1 Å². The summed E-state index contributed by atoms with van der Waals surface area (Å²) >= 11 is 0. The summed E-state index contributed by atoms with van der Waals surface area (Å²) < 4.78 is 67.1. The van der Waals surface area contributed by atoms with Crippen molar-refractivity contribution < 1.29 is 61.3 Å². The number of aliphatic carboxylic acids is 2. The fourth-order valence-corrected chi connectivity index (χ4v) is 5.06. The summed E-state index contributed by atoms with van der Waals surface area (Å²) in [6, 6.07) is 12.4. The molecule has 2 unspecified atom stereocenters. The van der Waals surface area contributed by atoms with Gasteiger partial charge < -0.3 is 30.6 Å². The predicted molar refractivity (Wildman–Crippen MR) is 160 cm³/mol. The number of rotatable bonds is 13. The van der Waals surface area contributed by atoms with Gasteiger partial charge in [0.1, 0.15) is 12.1 Å². The number of nitrogens with one attached hydrogen (secondary N) is 2. The number of amides is 2. The van der Waals surface area contributed by atoms with Gasteiger partial charge in [-0.2, -0.15) is 17.6 Å². The number of carbonyl (C=O) groups is 4. The average molecular weight is 692 g/mol. The van der Waals surface area contributed by atoms with E-state index in [0.29, 0.717) is 23.0 Å². The molecule has 3 aromatic carbocycles. The van der Waals surface area contributed by atoms with Crippen LogP contribution in [0.3, 0.4) is 0 Å². The number of aromatic nitrogens is 1. The second kappa shape index (κ2) is 13.9. The van der Waals surface area contributed by atoms with Gasteiger partial charge in [0, 0.05) is 35.6 Å². The highest BCUT2D eigenvalue weighted by atomic mass is 31.2. The van der Waals surface area contributed by atoms with E-state index in [1.54, 1.807) is 24.3 Å². The first-order chi connectivity index (χ1) is 22.4. The van der Waals surface area contributed by atoms with Crippen molar-refractivity contribution in [2.75, 3.05) is 0 Å². The third kappa shape index (κ3) is 8.02. The highest BCUT2D eigenvalue weighted by molar-refractivity contribution is 7.52. The van der Waals surface area contributed by atoms with E-state index in [4.69, 9.17) is 14.9 Å². The molecular weight excluding hydrogens is 665 g/mol. The van der Waals surface area contributed by atoms with Crippen LogP contribution < -0.4 is 10.6 Å². The van der Waals surface area contributed by atoms with Crippen molar-refractivity contribution in [3.05, 3.63) is 113 Å². The zero-order valence-corrected chi connectivity index (χ0v) is 25.3. The van der Waals surface area contributed by atoms with Crippen molar-refractivity contribution in [1.29, 1.82) is 0 Å². The maximum atomic E-state index is 14.0. The van der Waals surface area contributed by atoms with Gasteiger partial charge in [-0.05, 0) is 23.3 Å². The molecule has 0 spiro atoms. The number of hydrogen-bond donors (Lipinski definition) is 6. The van der Waals surface area contributed by atoms with Crippen LogP contribution >= 0.6 is 7.60 Å². The van der Waals surface area contributed by atoms with Crippen molar-refractivity contribution >= 4 is 42.3 Å². The number of carboxylic acids is 2. The predicted octanol–water partition coefficient (Wildman–Crippen LogP) is 3.79. The lowest BCUT2D eigenvalue weighted by atomic mass is 10.00. The molecule has 0 fully saturated rings. The lowest BCUT2D eigenvalue weighted by molar-refractivity contribution is -0.166. The Labute approximate surface area is 268 Å². The van der Waals surface area contributed by atoms with Gasteiger partial charge in [-0.1, -0.05) is 66.7 Å². The first kappa shape index (κ1) is 35.7. The van der Waals surface area contributed by atoms with Crippen LogP contribution in [0.25, 0.3) is 10.9 Å². The number of para-hydroxylation sites is 1. The highest BCUT2D eigenvalue weighted by Gasteiger charge is 2.50. The maximum absolute atomic E-state index is 14.0. The van der Waals surface area contributed by atoms with Crippen molar-refractivity contribution in [2.24, 2.45) is 0 Å². The van der Waals surface area contributed by atoms with Gasteiger partial charge in [0.05, 0.1) is 11.1 Å². The average Bonchev–Trinajstić information content (AvgIpc) is 3.03. The van der Waals surface area contributed by atoms with Crippen LogP contribution in [0.1, 0.15) is 32.6 Å². The van der Waals surface area contributed by atoms with Crippen LogP contribution in [0.15, 0.2) is 85.1 Å². The number of hydrogen-bond acceptors (Lipinski definition) is 6. The van der Waals surface area contributed by atoms with Crippen molar-refractivity contribution in [2.45, 2.75) is 36.5 Å². The topological polar surface area (TPSA) is 203 Å². The van der Waals surface area contributed by atoms with Crippen molar-refractivity contribution in [3.63, 3.8) is 0 Å². The molecule has 4 aromatic rings. The van der Waals surface area contributed by atoms with Crippen molar-refractivity contribution in [1.82, 2.24) is 15.6 Å². The van der Waals surface area contributed by atoms with E-state index < -0.39 is 72.6 Å². The largest absolute Gasteiger partial charge is 0.480 e. The Bertz CT molecular complexity index is 1900. The normalized spacial score (nSPS) is 13.4. The third-order valence-electron chi connectivity index (χ3n) is 7.22. The second-order valence-electron chi connectivity index (χ2n) is 10.6. The van der Waals surface area contributed by atoms with Gasteiger partial charge in [-0.15, -0.1) is 0 Å². The van der Waals surface area contributed by atoms with Gasteiger partial charge in [-0.25, -0.2) is 9.59 Å². The van der Waals surface area contributed by atoms with E-state index >= 15 is 0 Å². The Morgan fingerprint density at radius 1 is 0.771 bits per heavy atom. The maximum Gasteiger partial charge on any atom is 0.399 e. The number of nitrogens with zero attached hydrogens (tertiary/aromatic N) is 1. The molecule has 0 aliphatic heterocycles. The summed E-state index contributed by atoms with van der Waals surface area (Å²) in [5, 5.41) is 23.9. The van der Waals surface area contributed by atoms with Gasteiger partial charge in [0.2, 0.25) is 5.91 Å². The SMILES string of the molecule is O=C(NC(Cc1ccc(C(F)(F)C(=O)O)cc1)C(=O)NC(Cc1ccc(C(F)(F)P(=O)(O)O)cc1)C(=O)O)c1cnc2ccccc2c1. The molecule has 0 bridgehead atoms. The first-order valence-electron chi connectivity index (χ1n) is 13.8. The fourth-order valence-electron chi connectivity index (χ4n) is 4.57. The highest BCUT2D eigenvalue weighted by Crippen LogP contribution is 2.59. The Morgan fingerprint density at radius 3 is 1.85 bits per heavy atom. The monoisotopic (exact) mass is 691 g/mol. The van der Waals surface area contributed by atoms with Crippen LogP contribution in [0.5, 0.6) is 0 Å². The molecule has 0 saturated heterocycles. The molecule has 0 saturated carbocycles. The van der Waals surface area contributed by atoms with Gasteiger partial charge >= 0.3 is 31.1 Å². The minimum atomic E-state index is -5.86. The molecule has 48 heavy (non-hydrogen) atoms. The molecule has 12 nitrogen and oxygen atoms in total. The molecule has 1 aromatic heterocycles. The minimum Gasteiger partial charge on any atom is -0.480 e. The van der Waals surface area contributed by atoms with Gasteiger partial charge in [0.25, 0.3) is 5.91 Å². The molecule has 0 aliphatic carbocycles. The molecule has 0 radical (unpaired) electrons. The molecule has 6 N–H and O–H groups in total. The van der Waals surface area contributed by atoms with Crippen LogP contribution in [0, 0.1) is 0 Å². The molecule has 0 aliphatic rings. The summed E-state index contributed by atoms with van der Waals surface area (Å²) in [5.41, 5.74) is -5.49. The summed E-state index contributed by atoms with van der Waals surface area (Å²) in [6.45, 7) is 0. The lowest BCUT2D eigenvalue weighted by Crippen LogP contribution is -2.53. The molecule has 2 atom stereocenters. The zero-order valence-electron chi connectivity index (χ0n) is 24.4. The number of halogens is 4. The lowest BCUT2D eigenvalue weighted by Gasteiger charge is -2.22. The quantitative estimate of drug-likeness (QED) is 0.0885. The number of benzene rings is 3. The minimum absolute atomic E-state index is 0.0323. The standard InChI is InChI=1S/C31H26F4N3O9P/c32-30(33,29(43)44)21-9-5-17(6-10-21)13-24(37-26(39)20-15-19-3-1-2-4-23(19)36-16-20)27(40)38-25(28(41)42)14-18-7-11-22(12-8-18)31(34,35)48(45,46)47/h1-12,15-16,24-25H,13-14H2,(H,37,39)(H,38,40)(H,41,42)(H,43,44)(H2,45,46,47). The molecule has 17 heteroatoms. The number of carboxylic acid groups (broad SMARTS) is 2. The van der Waals surface area contributed by atoms with E-state index in [0.717, 1.165) is 36.4 Å². The number of alkyl halides is 4. The van der Waals surface area contributed by atoms with Crippen molar-refractivity contribution in [3.8, 4) is 0 Å². The van der Waals surface area contributed by atoms with E-state index in [2.05, 4.69) is 15.6 Å². The number of pyridine rings is 1. The third-order valence-corrected chi connectivity index (χ3v) is 8.21. The summed E-state index contributed by atoms with van der Waals surface area (Å²) in [4.78, 5) is 71.8. The van der Waals surface area contributed by atoms with E-state index in [1.165, 1.54) is 12.3 Å². The molecular formula is C31H26F4N3O9P. The molecule has 252 valence electrons. The number of carbonyl (C=O) groups excluding carboxylic acids is 2.